The average Bonchev–Trinajstić information content (AvgIpc) is 2.78. The van der Waals surface area contributed by atoms with Crippen molar-refractivity contribution in [1.82, 2.24) is 0 Å². The maximum atomic E-state index is 10.8. The lowest BCUT2D eigenvalue weighted by Gasteiger charge is -2.15. The fourth-order valence-electron chi connectivity index (χ4n) is 2.91. The molecule has 3 rings (SSSR count). The molecule has 7 heteroatoms. The number of rotatable bonds is 8. The zero-order valence-corrected chi connectivity index (χ0v) is 17.5. The molecule has 0 aliphatic carbocycles. The van der Waals surface area contributed by atoms with Gasteiger partial charge in [0.2, 0.25) is 0 Å². The van der Waals surface area contributed by atoms with Crippen LogP contribution in [0, 0.1) is 21.4 Å². The molecule has 6 nitrogen and oxygen atoms in total. The lowest BCUT2D eigenvalue weighted by molar-refractivity contribution is -0.384. The summed E-state index contributed by atoms with van der Waals surface area (Å²) in [6.45, 7) is 2.61. The fraction of sp³-hybridized carbons (Fsp3) is 0.125. The van der Waals surface area contributed by atoms with Gasteiger partial charge < -0.3 is 9.47 Å². The topological polar surface area (TPSA) is 85.4 Å². The molecule has 0 heterocycles. The van der Waals surface area contributed by atoms with Gasteiger partial charge in [0.05, 0.1) is 28.2 Å². The molecule has 0 aromatic heterocycles. The molecule has 0 unspecified atom stereocenters. The van der Waals surface area contributed by atoms with Crippen LogP contribution >= 0.6 is 11.6 Å². The maximum Gasteiger partial charge on any atom is 0.269 e. The summed E-state index contributed by atoms with van der Waals surface area (Å²) in [5.41, 5.74) is 2.51. The molecule has 0 aliphatic rings. The van der Waals surface area contributed by atoms with Crippen molar-refractivity contribution in [2.45, 2.75) is 13.5 Å². The molecule has 31 heavy (non-hydrogen) atoms. The van der Waals surface area contributed by atoms with Gasteiger partial charge in [-0.05, 0) is 54.0 Å². The summed E-state index contributed by atoms with van der Waals surface area (Å²) in [7, 11) is 0. The van der Waals surface area contributed by atoms with Crippen molar-refractivity contribution in [3.63, 3.8) is 0 Å². The number of halogens is 1. The molecular weight excluding hydrogens is 416 g/mol. The number of ether oxygens (including phenoxy) is 2. The maximum absolute atomic E-state index is 10.8. The largest absolute Gasteiger partial charge is 0.490 e. The fourth-order valence-corrected chi connectivity index (χ4v) is 3.19. The van der Waals surface area contributed by atoms with E-state index in [1.807, 2.05) is 37.3 Å². The van der Waals surface area contributed by atoms with Crippen LogP contribution in [0.4, 0.5) is 5.69 Å². The Bertz CT molecular complexity index is 1140. The van der Waals surface area contributed by atoms with E-state index in [4.69, 9.17) is 21.1 Å². The Kier molecular flexibility index (Phi) is 7.26. The molecule has 0 radical (unpaired) electrons. The van der Waals surface area contributed by atoms with Crippen molar-refractivity contribution < 1.29 is 14.4 Å². The molecule has 3 aromatic carbocycles. The van der Waals surface area contributed by atoms with Crippen molar-refractivity contribution in [3.05, 3.63) is 98.6 Å². The SMILES string of the molecule is CCOc1cc(/C=C(/C#N)c2ccc([N+](=O)[O-])cc2)cc(Cl)c1OCc1ccccc1. The Hall–Kier alpha value is -3.82. The molecular formula is C24H19ClN2O4. The van der Waals surface area contributed by atoms with Gasteiger partial charge in [0.25, 0.3) is 5.69 Å². The molecule has 0 atom stereocenters. The summed E-state index contributed by atoms with van der Waals surface area (Å²) in [4.78, 5) is 10.4. The van der Waals surface area contributed by atoms with E-state index < -0.39 is 4.92 Å². The number of nitro benzene ring substituents is 1. The summed E-state index contributed by atoms with van der Waals surface area (Å²) in [5, 5.41) is 20.8. The zero-order chi connectivity index (χ0) is 22.2. The van der Waals surface area contributed by atoms with Crippen molar-refractivity contribution in [3.8, 4) is 17.6 Å². The molecule has 0 saturated carbocycles. The number of nitrogens with zero attached hydrogens (tertiary/aromatic N) is 2. The van der Waals surface area contributed by atoms with Gasteiger partial charge >= 0.3 is 0 Å². The Morgan fingerprint density at radius 1 is 1.13 bits per heavy atom. The van der Waals surface area contributed by atoms with E-state index in [-0.39, 0.29) is 5.69 Å². The number of nitro groups is 1. The van der Waals surface area contributed by atoms with Crippen LogP contribution in [-0.2, 0) is 6.61 Å². The summed E-state index contributed by atoms with van der Waals surface area (Å²) >= 11 is 6.47. The van der Waals surface area contributed by atoms with Crippen LogP contribution in [0.15, 0.2) is 66.7 Å². The van der Waals surface area contributed by atoms with E-state index in [1.54, 1.807) is 18.2 Å². The van der Waals surface area contributed by atoms with Crippen LogP contribution in [0.2, 0.25) is 5.02 Å². The Morgan fingerprint density at radius 3 is 2.45 bits per heavy atom. The van der Waals surface area contributed by atoms with E-state index in [9.17, 15) is 15.4 Å². The van der Waals surface area contributed by atoms with Crippen molar-refractivity contribution in [1.29, 1.82) is 5.26 Å². The average molecular weight is 435 g/mol. The van der Waals surface area contributed by atoms with Gasteiger partial charge in [0.1, 0.15) is 6.61 Å². The number of non-ortho nitro benzene ring substituents is 1. The highest BCUT2D eigenvalue weighted by Crippen LogP contribution is 2.38. The van der Waals surface area contributed by atoms with Gasteiger partial charge in [0, 0.05) is 12.1 Å². The van der Waals surface area contributed by atoms with E-state index in [1.165, 1.54) is 24.3 Å². The highest BCUT2D eigenvalue weighted by Gasteiger charge is 2.14. The van der Waals surface area contributed by atoms with Gasteiger partial charge in [-0.2, -0.15) is 5.26 Å². The van der Waals surface area contributed by atoms with Crippen LogP contribution in [0.1, 0.15) is 23.6 Å². The van der Waals surface area contributed by atoms with E-state index in [0.717, 1.165) is 5.56 Å². The summed E-state index contributed by atoms with van der Waals surface area (Å²) in [6.07, 6.45) is 1.65. The number of benzene rings is 3. The molecule has 156 valence electrons. The highest BCUT2D eigenvalue weighted by atomic mass is 35.5. The number of hydrogen-bond acceptors (Lipinski definition) is 5. The molecule has 3 aromatic rings. The first kappa shape index (κ1) is 21.9. The standard InChI is InChI=1S/C24H19ClN2O4/c1-2-30-23-14-18(12-20(15-26)19-8-10-21(11-9-19)27(28)29)13-22(25)24(23)31-16-17-6-4-3-5-7-17/h3-14H,2,16H2,1H3/b20-12-. The predicted octanol–water partition coefficient (Wildman–Crippen LogP) is 6.29. The minimum atomic E-state index is -0.484. The molecule has 0 amide bonds. The second-order valence-corrected chi connectivity index (χ2v) is 6.92. The first-order valence-electron chi connectivity index (χ1n) is 9.51. The normalized spacial score (nSPS) is 10.9. The third kappa shape index (κ3) is 5.62. The quantitative estimate of drug-likeness (QED) is 0.180. The summed E-state index contributed by atoms with van der Waals surface area (Å²) in [6, 6.07) is 21.1. The molecule has 0 N–H and O–H groups in total. The van der Waals surface area contributed by atoms with Crippen LogP contribution in [0.5, 0.6) is 11.5 Å². The first-order chi connectivity index (χ1) is 15.0. The molecule has 0 spiro atoms. The van der Waals surface area contributed by atoms with Gasteiger partial charge in [0.15, 0.2) is 11.5 Å². The van der Waals surface area contributed by atoms with Crippen molar-refractivity contribution >= 4 is 28.9 Å². The van der Waals surface area contributed by atoms with E-state index >= 15 is 0 Å². The first-order valence-corrected chi connectivity index (χ1v) is 9.89. The smallest absolute Gasteiger partial charge is 0.269 e. The second kappa shape index (κ2) is 10.3. The molecule has 0 aliphatic heterocycles. The van der Waals surface area contributed by atoms with E-state index in [0.29, 0.717) is 46.4 Å². The van der Waals surface area contributed by atoms with Crippen molar-refractivity contribution in [2.24, 2.45) is 0 Å². The molecule has 0 fully saturated rings. The third-order valence-electron chi connectivity index (χ3n) is 4.38. The monoisotopic (exact) mass is 434 g/mol. The summed E-state index contributed by atoms with van der Waals surface area (Å²) in [5.74, 6) is 0.900. The van der Waals surface area contributed by atoms with Gasteiger partial charge in [-0.15, -0.1) is 0 Å². The lowest BCUT2D eigenvalue weighted by Crippen LogP contribution is -2.01. The summed E-state index contributed by atoms with van der Waals surface area (Å²) < 4.78 is 11.6. The zero-order valence-electron chi connectivity index (χ0n) is 16.7. The predicted molar refractivity (Wildman–Crippen MR) is 120 cm³/mol. The number of allylic oxidation sites excluding steroid dienone is 1. The van der Waals surface area contributed by atoms with Crippen LogP contribution in [0.3, 0.4) is 0 Å². The van der Waals surface area contributed by atoms with Crippen LogP contribution in [-0.4, -0.2) is 11.5 Å². The van der Waals surface area contributed by atoms with Crippen molar-refractivity contribution in [2.75, 3.05) is 6.61 Å². The van der Waals surface area contributed by atoms with Crippen LogP contribution in [0.25, 0.3) is 11.6 Å². The second-order valence-electron chi connectivity index (χ2n) is 6.51. The Morgan fingerprint density at radius 2 is 1.84 bits per heavy atom. The Labute approximate surface area is 185 Å². The molecule has 0 bridgehead atoms. The highest BCUT2D eigenvalue weighted by molar-refractivity contribution is 6.32. The number of nitriles is 1. The van der Waals surface area contributed by atoms with Gasteiger partial charge in [-0.3, -0.25) is 10.1 Å². The van der Waals surface area contributed by atoms with E-state index in [2.05, 4.69) is 6.07 Å². The van der Waals surface area contributed by atoms with Crippen LogP contribution < -0.4 is 9.47 Å². The number of hydrogen-bond donors (Lipinski definition) is 0. The minimum absolute atomic E-state index is 0.0392. The third-order valence-corrected chi connectivity index (χ3v) is 4.66. The molecule has 0 saturated heterocycles. The van der Waals surface area contributed by atoms with Gasteiger partial charge in [-0.25, -0.2) is 0 Å². The lowest BCUT2D eigenvalue weighted by atomic mass is 10.0. The minimum Gasteiger partial charge on any atom is -0.490 e. The Balaban J connectivity index is 1.91. The van der Waals surface area contributed by atoms with Gasteiger partial charge in [-0.1, -0.05) is 41.9 Å².